The fourth-order valence-electron chi connectivity index (χ4n) is 2.43. The second-order valence-electron chi connectivity index (χ2n) is 6.51. The van der Waals surface area contributed by atoms with Crippen LogP contribution in [0.15, 0.2) is 6.07 Å². The highest BCUT2D eigenvalue weighted by molar-refractivity contribution is 6.29. The first kappa shape index (κ1) is 16.8. The van der Waals surface area contributed by atoms with E-state index in [0.717, 1.165) is 25.1 Å². The Hall–Kier alpha value is -1.56. The number of carbonyl (C=O) groups excluding carboxylic acids is 1. The van der Waals surface area contributed by atoms with E-state index in [0.29, 0.717) is 17.6 Å². The van der Waals surface area contributed by atoms with Gasteiger partial charge in [-0.25, -0.2) is 14.8 Å². The Morgan fingerprint density at radius 3 is 2.86 bits per heavy atom. The minimum atomic E-state index is -0.481. The van der Waals surface area contributed by atoms with E-state index in [1.807, 2.05) is 27.7 Å². The number of hydrogen-bond donors (Lipinski definition) is 1. The summed E-state index contributed by atoms with van der Waals surface area (Å²) in [6.07, 6.45) is 1.65. The van der Waals surface area contributed by atoms with E-state index in [9.17, 15) is 4.79 Å². The zero-order valence-electron chi connectivity index (χ0n) is 13.5. The van der Waals surface area contributed by atoms with Crippen molar-refractivity contribution in [2.45, 2.75) is 52.2 Å². The molecule has 1 aromatic rings. The molecule has 0 radical (unpaired) electrons. The lowest BCUT2D eigenvalue weighted by molar-refractivity contribution is 0.0235. The smallest absolute Gasteiger partial charge is 0.410 e. The number of hydrogen-bond acceptors (Lipinski definition) is 5. The maximum atomic E-state index is 12.2. The lowest BCUT2D eigenvalue weighted by Gasteiger charge is -2.28. The van der Waals surface area contributed by atoms with Crippen LogP contribution in [0.2, 0.25) is 5.15 Å². The Morgan fingerprint density at radius 2 is 2.23 bits per heavy atom. The summed E-state index contributed by atoms with van der Waals surface area (Å²) < 4.78 is 5.45. The van der Waals surface area contributed by atoms with Gasteiger partial charge in [0.25, 0.3) is 0 Å². The molecule has 1 saturated heterocycles. The highest BCUT2D eigenvalue weighted by atomic mass is 35.5. The molecule has 7 heteroatoms. The van der Waals surface area contributed by atoms with Crippen LogP contribution in [-0.4, -0.2) is 45.7 Å². The molecule has 122 valence electrons. The van der Waals surface area contributed by atoms with Gasteiger partial charge in [0.2, 0.25) is 5.95 Å². The number of aryl methyl sites for hydroxylation is 1. The minimum Gasteiger partial charge on any atom is -0.444 e. The zero-order chi connectivity index (χ0) is 16.3. The Morgan fingerprint density at radius 1 is 1.50 bits per heavy atom. The number of anilines is 1. The molecule has 0 spiro atoms. The molecule has 1 fully saturated rings. The van der Waals surface area contributed by atoms with Crippen molar-refractivity contribution in [3.63, 3.8) is 0 Å². The summed E-state index contributed by atoms with van der Waals surface area (Å²) >= 11 is 5.92. The van der Waals surface area contributed by atoms with Gasteiger partial charge in [0.1, 0.15) is 10.8 Å². The van der Waals surface area contributed by atoms with Gasteiger partial charge < -0.3 is 15.0 Å². The molecule has 22 heavy (non-hydrogen) atoms. The highest BCUT2D eigenvalue weighted by Gasteiger charge is 2.32. The third kappa shape index (κ3) is 4.73. The van der Waals surface area contributed by atoms with Gasteiger partial charge in [0, 0.05) is 18.8 Å². The van der Waals surface area contributed by atoms with Gasteiger partial charge in [-0.1, -0.05) is 11.6 Å². The lowest BCUT2D eigenvalue weighted by Crippen LogP contribution is -2.42. The van der Waals surface area contributed by atoms with Gasteiger partial charge in [-0.15, -0.1) is 0 Å². The summed E-state index contributed by atoms with van der Waals surface area (Å²) in [6.45, 7) is 8.78. The van der Waals surface area contributed by atoms with E-state index >= 15 is 0 Å². The fourth-order valence-corrected chi connectivity index (χ4v) is 2.67. The summed E-state index contributed by atoms with van der Waals surface area (Å²) in [4.78, 5) is 22.4. The molecule has 1 aliphatic rings. The first-order valence-electron chi connectivity index (χ1n) is 7.49. The topological polar surface area (TPSA) is 67.4 Å². The lowest BCUT2D eigenvalue weighted by atomic mass is 10.2. The van der Waals surface area contributed by atoms with Crippen molar-refractivity contribution < 1.29 is 9.53 Å². The minimum absolute atomic E-state index is 0.0812. The average Bonchev–Trinajstić information content (AvgIpc) is 2.81. The van der Waals surface area contributed by atoms with E-state index in [1.54, 1.807) is 11.0 Å². The van der Waals surface area contributed by atoms with Gasteiger partial charge >= 0.3 is 6.09 Å². The zero-order valence-corrected chi connectivity index (χ0v) is 14.3. The molecule has 1 aliphatic heterocycles. The van der Waals surface area contributed by atoms with E-state index in [1.165, 1.54) is 0 Å². The number of nitrogens with zero attached hydrogens (tertiary/aromatic N) is 3. The van der Waals surface area contributed by atoms with Crippen molar-refractivity contribution in [3.8, 4) is 0 Å². The molecule has 0 aliphatic carbocycles. The van der Waals surface area contributed by atoms with Crippen molar-refractivity contribution in [2.75, 3.05) is 18.4 Å². The number of aromatic nitrogens is 2. The van der Waals surface area contributed by atoms with Crippen molar-refractivity contribution >= 4 is 23.6 Å². The Kier molecular flexibility index (Phi) is 5.11. The van der Waals surface area contributed by atoms with Crippen LogP contribution in [-0.2, 0) is 4.74 Å². The molecule has 1 amide bonds. The standard InChI is InChI=1S/C15H23ClN4O2/c1-10-8-12(16)19-13(18-10)17-9-11-6-5-7-20(11)14(21)22-15(2,3)4/h8,11H,5-7,9H2,1-4H3,(H,17,18,19). The molecule has 1 aromatic heterocycles. The van der Waals surface area contributed by atoms with Gasteiger partial charge in [0.15, 0.2) is 0 Å². The summed E-state index contributed by atoms with van der Waals surface area (Å²) in [7, 11) is 0. The second kappa shape index (κ2) is 6.69. The maximum Gasteiger partial charge on any atom is 0.410 e. The van der Waals surface area contributed by atoms with Crippen molar-refractivity contribution in [1.82, 2.24) is 14.9 Å². The molecule has 0 saturated carbocycles. The monoisotopic (exact) mass is 326 g/mol. The van der Waals surface area contributed by atoms with Crippen LogP contribution in [0, 0.1) is 6.92 Å². The largest absolute Gasteiger partial charge is 0.444 e. The normalized spacial score (nSPS) is 18.4. The first-order chi connectivity index (χ1) is 10.2. The number of halogens is 1. The Balaban J connectivity index is 1.95. The molecule has 1 atom stereocenters. The van der Waals surface area contributed by atoms with Gasteiger partial charge in [-0.2, -0.15) is 0 Å². The molecule has 1 unspecified atom stereocenters. The first-order valence-corrected chi connectivity index (χ1v) is 7.87. The number of nitrogens with one attached hydrogen (secondary N) is 1. The van der Waals surface area contributed by atoms with E-state index in [2.05, 4.69) is 15.3 Å². The summed E-state index contributed by atoms with van der Waals surface area (Å²) in [5.74, 6) is 0.487. The van der Waals surface area contributed by atoms with Crippen molar-refractivity contribution in [2.24, 2.45) is 0 Å². The van der Waals surface area contributed by atoms with Crippen LogP contribution < -0.4 is 5.32 Å². The summed E-state index contributed by atoms with van der Waals surface area (Å²) in [5, 5.41) is 3.57. The number of ether oxygens (including phenoxy) is 1. The number of rotatable bonds is 3. The highest BCUT2D eigenvalue weighted by Crippen LogP contribution is 2.21. The predicted molar refractivity (Wildman–Crippen MR) is 86.2 cm³/mol. The SMILES string of the molecule is Cc1cc(Cl)nc(NCC2CCCN2C(=O)OC(C)(C)C)n1. The van der Waals surface area contributed by atoms with E-state index in [4.69, 9.17) is 16.3 Å². The summed E-state index contributed by atoms with van der Waals surface area (Å²) in [6, 6.07) is 1.78. The van der Waals surface area contributed by atoms with Crippen molar-refractivity contribution in [3.05, 3.63) is 16.9 Å². The molecule has 1 N–H and O–H groups in total. The second-order valence-corrected chi connectivity index (χ2v) is 6.89. The van der Waals surface area contributed by atoms with Crippen LogP contribution in [0.3, 0.4) is 0 Å². The molecule has 0 bridgehead atoms. The number of carbonyl (C=O) groups is 1. The van der Waals surface area contributed by atoms with Gasteiger partial charge in [0.05, 0.1) is 6.04 Å². The third-order valence-corrected chi connectivity index (χ3v) is 3.52. The van der Waals surface area contributed by atoms with Crippen LogP contribution >= 0.6 is 11.6 Å². The van der Waals surface area contributed by atoms with E-state index < -0.39 is 5.60 Å². The average molecular weight is 327 g/mol. The third-order valence-electron chi connectivity index (χ3n) is 3.32. The van der Waals surface area contributed by atoms with Crippen LogP contribution in [0.25, 0.3) is 0 Å². The van der Waals surface area contributed by atoms with E-state index in [-0.39, 0.29) is 12.1 Å². The maximum absolute atomic E-state index is 12.2. The molecular formula is C15H23ClN4O2. The van der Waals surface area contributed by atoms with Crippen LogP contribution in [0.4, 0.5) is 10.7 Å². The molecule has 0 aromatic carbocycles. The molecule has 2 heterocycles. The van der Waals surface area contributed by atoms with Crippen LogP contribution in [0.5, 0.6) is 0 Å². The Bertz CT molecular complexity index is 525. The van der Waals surface area contributed by atoms with Crippen LogP contribution in [0.1, 0.15) is 39.3 Å². The van der Waals surface area contributed by atoms with Gasteiger partial charge in [-0.3, -0.25) is 0 Å². The fraction of sp³-hybridized carbons (Fsp3) is 0.667. The predicted octanol–water partition coefficient (Wildman–Crippen LogP) is 3.25. The van der Waals surface area contributed by atoms with Gasteiger partial charge in [-0.05, 0) is 46.6 Å². The Labute approximate surface area is 136 Å². The number of likely N-dealkylation sites (tertiary alicyclic amines) is 1. The number of amides is 1. The van der Waals surface area contributed by atoms with Crippen molar-refractivity contribution in [1.29, 1.82) is 0 Å². The molecule has 2 rings (SSSR count). The summed E-state index contributed by atoms with van der Waals surface area (Å²) in [5.41, 5.74) is 0.322. The quantitative estimate of drug-likeness (QED) is 0.864. The molecular weight excluding hydrogens is 304 g/mol. The molecule has 6 nitrogen and oxygen atoms in total.